The van der Waals surface area contributed by atoms with Crippen molar-refractivity contribution in [2.75, 3.05) is 20.3 Å². The average molecular weight is 306 g/mol. The number of carbonyl (C=O) groups is 1. The number of aliphatic hydroxyl groups is 1. The summed E-state index contributed by atoms with van der Waals surface area (Å²) in [7, 11) is 1.45. The zero-order valence-electron chi connectivity index (χ0n) is 11.1. The van der Waals surface area contributed by atoms with Gasteiger partial charge in [0.2, 0.25) is 0 Å². The van der Waals surface area contributed by atoms with E-state index in [0.717, 1.165) is 0 Å². The Hall–Kier alpha value is -0.970. The second-order valence-corrected chi connectivity index (χ2v) is 5.79. The van der Waals surface area contributed by atoms with Gasteiger partial charge in [0.1, 0.15) is 0 Å². The molecule has 6 heteroatoms. The molecule has 0 aliphatic rings. The van der Waals surface area contributed by atoms with E-state index in [1.165, 1.54) is 19.2 Å². The third kappa shape index (κ3) is 4.27. The Labute approximate surface area is 122 Å². The van der Waals surface area contributed by atoms with Gasteiger partial charge in [-0.1, -0.05) is 37.0 Å². The highest BCUT2D eigenvalue weighted by Crippen LogP contribution is 2.33. The summed E-state index contributed by atoms with van der Waals surface area (Å²) < 4.78 is 5.01. The highest BCUT2D eigenvalue weighted by molar-refractivity contribution is 6.37. The number of amides is 1. The number of rotatable bonds is 5. The number of benzene rings is 1. The van der Waals surface area contributed by atoms with Gasteiger partial charge < -0.3 is 15.2 Å². The van der Waals surface area contributed by atoms with E-state index >= 15 is 0 Å². The minimum absolute atomic E-state index is 0.0165. The summed E-state index contributed by atoms with van der Waals surface area (Å²) in [5.74, 6) is 0.0450. The molecule has 0 unspecified atom stereocenters. The van der Waals surface area contributed by atoms with Crippen molar-refractivity contribution in [3.05, 3.63) is 27.7 Å². The van der Waals surface area contributed by atoms with Crippen LogP contribution < -0.4 is 10.1 Å². The molecule has 0 spiro atoms. The number of aliphatic hydroxyl groups excluding tert-OH is 1. The SMILES string of the molecule is COc1c(Cl)cc(C(=O)NCC(C)(C)CO)cc1Cl. The maximum absolute atomic E-state index is 12.0. The van der Waals surface area contributed by atoms with Crippen LogP contribution in [0.4, 0.5) is 0 Å². The molecule has 0 atom stereocenters. The van der Waals surface area contributed by atoms with Crippen LogP contribution in [0.3, 0.4) is 0 Å². The lowest BCUT2D eigenvalue weighted by Gasteiger charge is -2.21. The van der Waals surface area contributed by atoms with Crippen LogP contribution in [0.15, 0.2) is 12.1 Å². The fourth-order valence-corrected chi connectivity index (χ4v) is 2.00. The minimum Gasteiger partial charge on any atom is -0.494 e. The molecule has 19 heavy (non-hydrogen) atoms. The van der Waals surface area contributed by atoms with Crippen molar-refractivity contribution in [1.29, 1.82) is 0 Å². The Bertz CT molecular complexity index is 452. The van der Waals surface area contributed by atoms with Gasteiger partial charge in [0.05, 0.1) is 17.2 Å². The van der Waals surface area contributed by atoms with Gasteiger partial charge in [-0.25, -0.2) is 0 Å². The summed E-state index contributed by atoms with van der Waals surface area (Å²) in [6.07, 6.45) is 0. The zero-order valence-corrected chi connectivity index (χ0v) is 12.6. The largest absolute Gasteiger partial charge is 0.494 e. The molecule has 0 heterocycles. The van der Waals surface area contributed by atoms with Crippen LogP contribution in [0, 0.1) is 5.41 Å². The van der Waals surface area contributed by atoms with E-state index in [2.05, 4.69) is 5.32 Å². The number of carbonyl (C=O) groups excluding carboxylic acids is 1. The van der Waals surface area contributed by atoms with E-state index in [1.807, 2.05) is 13.8 Å². The molecule has 1 amide bonds. The normalized spacial score (nSPS) is 11.3. The first kappa shape index (κ1) is 16.1. The summed E-state index contributed by atoms with van der Waals surface area (Å²) in [6, 6.07) is 2.99. The Balaban J connectivity index is 2.84. The molecule has 106 valence electrons. The Morgan fingerprint density at radius 2 is 1.89 bits per heavy atom. The van der Waals surface area contributed by atoms with Crippen LogP contribution in [0.5, 0.6) is 5.75 Å². The molecule has 4 nitrogen and oxygen atoms in total. The maximum Gasteiger partial charge on any atom is 0.251 e. The van der Waals surface area contributed by atoms with E-state index in [9.17, 15) is 4.79 Å². The first-order valence-electron chi connectivity index (χ1n) is 5.73. The van der Waals surface area contributed by atoms with Gasteiger partial charge >= 0.3 is 0 Å². The molecule has 1 rings (SSSR count). The van der Waals surface area contributed by atoms with Crippen molar-refractivity contribution in [3.8, 4) is 5.75 Å². The molecule has 0 aromatic heterocycles. The van der Waals surface area contributed by atoms with E-state index in [0.29, 0.717) is 17.9 Å². The summed E-state index contributed by atoms with van der Waals surface area (Å²) in [6.45, 7) is 4.03. The number of hydrogen-bond donors (Lipinski definition) is 2. The summed E-state index contributed by atoms with van der Waals surface area (Å²) in [5.41, 5.74) is -0.0278. The lowest BCUT2D eigenvalue weighted by atomic mass is 9.95. The molecule has 0 fully saturated rings. The molecule has 1 aromatic rings. The first-order valence-corrected chi connectivity index (χ1v) is 6.48. The van der Waals surface area contributed by atoms with Gasteiger partial charge in [-0.2, -0.15) is 0 Å². The Kier molecular flexibility index (Phi) is 5.47. The molecule has 0 aliphatic carbocycles. The quantitative estimate of drug-likeness (QED) is 0.879. The van der Waals surface area contributed by atoms with E-state index in [-0.39, 0.29) is 28.0 Å². The van der Waals surface area contributed by atoms with Gasteiger partial charge in [-0.05, 0) is 12.1 Å². The molecule has 0 radical (unpaired) electrons. The fourth-order valence-electron chi connectivity index (χ4n) is 1.36. The molecule has 0 aliphatic heterocycles. The van der Waals surface area contributed by atoms with Crippen molar-refractivity contribution in [3.63, 3.8) is 0 Å². The third-order valence-corrected chi connectivity index (χ3v) is 3.18. The molecule has 0 bridgehead atoms. The number of ether oxygens (including phenoxy) is 1. The highest BCUT2D eigenvalue weighted by Gasteiger charge is 2.19. The van der Waals surface area contributed by atoms with Crippen LogP contribution in [-0.4, -0.2) is 31.3 Å². The zero-order chi connectivity index (χ0) is 14.6. The lowest BCUT2D eigenvalue weighted by Crippen LogP contribution is -2.36. The molecular weight excluding hydrogens is 289 g/mol. The second-order valence-electron chi connectivity index (χ2n) is 4.98. The fraction of sp³-hybridized carbons (Fsp3) is 0.462. The Morgan fingerprint density at radius 3 is 2.32 bits per heavy atom. The van der Waals surface area contributed by atoms with Gasteiger partial charge in [0.15, 0.2) is 5.75 Å². The van der Waals surface area contributed by atoms with Crippen molar-refractivity contribution in [2.45, 2.75) is 13.8 Å². The smallest absolute Gasteiger partial charge is 0.251 e. The maximum atomic E-state index is 12.0. The van der Waals surface area contributed by atoms with Gasteiger partial charge in [-0.15, -0.1) is 0 Å². The monoisotopic (exact) mass is 305 g/mol. The standard InChI is InChI=1S/C13H17Cl2NO3/c1-13(2,7-17)6-16-12(18)8-4-9(14)11(19-3)10(15)5-8/h4-5,17H,6-7H2,1-3H3,(H,16,18). The lowest BCUT2D eigenvalue weighted by molar-refractivity contribution is 0.0911. The summed E-state index contributed by atoms with van der Waals surface area (Å²) in [4.78, 5) is 12.0. The first-order chi connectivity index (χ1) is 8.80. The summed E-state index contributed by atoms with van der Waals surface area (Å²) in [5, 5.41) is 12.4. The average Bonchev–Trinajstić information content (AvgIpc) is 2.35. The van der Waals surface area contributed by atoms with E-state index in [4.69, 9.17) is 33.0 Å². The molecular formula is C13H17Cl2NO3. The second kappa shape index (κ2) is 6.46. The van der Waals surface area contributed by atoms with Crippen LogP contribution in [0.25, 0.3) is 0 Å². The predicted molar refractivity (Wildman–Crippen MR) is 76.2 cm³/mol. The highest BCUT2D eigenvalue weighted by atomic mass is 35.5. The molecule has 1 aromatic carbocycles. The molecule has 0 saturated carbocycles. The third-order valence-electron chi connectivity index (χ3n) is 2.62. The van der Waals surface area contributed by atoms with E-state index < -0.39 is 0 Å². The minimum atomic E-state index is -0.379. The van der Waals surface area contributed by atoms with Crippen LogP contribution in [0.1, 0.15) is 24.2 Å². The number of nitrogens with one attached hydrogen (secondary N) is 1. The number of methoxy groups -OCH3 is 1. The number of hydrogen-bond acceptors (Lipinski definition) is 3. The van der Waals surface area contributed by atoms with Crippen molar-refractivity contribution in [1.82, 2.24) is 5.32 Å². The summed E-state index contributed by atoms with van der Waals surface area (Å²) >= 11 is 11.9. The van der Waals surface area contributed by atoms with Crippen molar-refractivity contribution < 1.29 is 14.6 Å². The van der Waals surface area contributed by atoms with Crippen molar-refractivity contribution >= 4 is 29.1 Å². The van der Waals surface area contributed by atoms with Gasteiger partial charge in [0.25, 0.3) is 5.91 Å². The van der Waals surface area contributed by atoms with Crippen LogP contribution in [0.2, 0.25) is 10.0 Å². The van der Waals surface area contributed by atoms with Crippen molar-refractivity contribution in [2.24, 2.45) is 5.41 Å². The van der Waals surface area contributed by atoms with Gasteiger partial charge in [0, 0.05) is 24.1 Å². The van der Waals surface area contributed by atoms with Crippen LogP contribution >= 0.6 is 23.2 Å². The van der Waals surface area contributed by atoms with E-state index in [1.54, 1.807) is 0 Å². The topological polar surface area (TPSA) is 58.6 Å². The number of halogens is 2. The predicted octanol–water partition coefficient (Wildman–Crippen LogP) is 2.75. The molecule has 0 saturated heterocycles. The Morgan fingerprint density at radius 1 is 1.37 bits per heavy atom. The van der Waals surface area contributed by atoms with Crippen LogP contribution in [-0.2, 0) is 0 Å². The van der Waals surface area contributed by atoms with Gasteiger partial charge in [-0.3, -0.25) is 4.79 Å². The molecule has 2 N–H and O–H groups in total.